The second kappa shape index (κ2) is 6.91. The van der Waals surface area contributed by atoms with Crippen LogP contribution in [0.15, 0.2) is 47.5 Å². The fraction of sp³-hybridized carbons (Fsp3) is 0.273. The van der Waals surface area contributed by atoms with Gasteiger partial charge in [-0.1, -0.05) is 42.0 Å². The first-order valence-electron chi connectivity index (χ1n) is 9.15. The quantitative estimate of drug-likeness (QED) is 0.775. The van der Waals surface area contributed by atoms with E-state index < -0.39 is 0 Å². The molecule has 5 nitrogen and oxygen atoms in total. The van der Waals surface area contributed by atoms with E-state index in [0.717, 1.165) is 27.7 Å². The maximum absolute atomic E-state index is 12.2. The number of nitrogens with zero attached hydrogens (tertiary/aromatic N) is 3. The highest BCUT2D eigenvalue weighted by molar-refractivity contribution is 6.01. The minimum Gasteiger partial charge on any atom is -0.314 e. The lowest BCUT2D eigenvalue weighted by Crippen LogP contribution is -2.37. The largest absolute Gasteiger partial charge is 0.314 e. The minimum atomic E-state index is -0.152. The zero-order valence-corrected chi connectivity index (χ0v) is 15.8. The van der Waals surface area contributed by atoms with Gasteiger partial charge in [0, 0.05) is 11.1 Å². The molecule has 0 aliphatic carbocycles. The summed E-state index contributed by atoms with van der Waals surface area (Å²) >= 11 is 0. The number of hydrogen-bond acceptors (Lipinski definition) is 4. The molecule has 1 atom stereocenters. The molecular formula is C22H22N4O. The van der Waals surface area contributed by atoms with Gasteiger partial charge >= 0.3 is 0 Å². The number of nitrogens with one attached hydrogen (secondary N) is 1. The van der Waals surface area contributed by atoms with E-state index in [2.05, 4.69) is 36.3 Å². The molecule has 1 aliphatic heterocycles. The lowest BCUT2D eigenvalue weighted by atomic mass is 10.0. The van der Waals surface area contributed by atoms with E-state index in [1.807, 2.05) is 37.3 Å². The Hall–Kier alpha value is -3.08. The summed E-state index contributed by atoms with van der Waals surface area (Å²) < 4.78 is 0. The van der Waals surface area contributed by atoms with Crippen LogP contribution in [0, 0.1) is 20.8 Å². The van der Waals surface area contributed by atoms with Crippen molar-refractivity contribution in [3.63, 3.8) is 0 Å². The number of aromatic nitrogens is 2. The van der Waals surface area contributed by atoms with Crippen molar-refractivity contribution < 1.29 is 4.79 Å². The maximum Gasteiger partial charge on any atom is 0.227 e. The molecule has 0 radical (unpaired) electrons. The van der Waals surface area contributed by atoms with E-state index in [4.69, 9.17) is 9.98 Å². The molecule has 4 rings (SSSR count). The van der Waals surface area contributed by atoms with Gasteiger partial charge < -0.3 is 5.32 Å². The monoisotopic (exact) mass is 358 g/mol. The van der Waals surface area contributed by atoms with Gasteiger partial charge in [-0.15, -0.1) is 0 Å². The standard InChI is InChI=1S/C22H22N4O/c1-13-9-14(2)22-17(10-13)15(3)23-19(26-22)12-20-24-18(11-21(27)25-20)16-7-5-4-6-8-16/h4-10,18H,11-12H2,1-3H3,(H,24,25,27). The minimum absolute atomic E-state index is 0.0156. The van der Waals surface area contributed by atoms with E-state index in [-0.39, 0.29) is 11.9 Å². The Labute approximate surface area is 158 Å². The van der Waals surface area contributed by atoms with Gasteiger partial charge in [0.15, 0.2) is 0 Å². The lowest BCUT2D eigenvalue weighted by molar-refractivity contribution is -0.120. The van der Waals surface area contributed by atoms with Gasteiger partial charge in [0.25, 0.3) is 0 Å². The van der Waals surface area contributed by atoms with Crippen LogP contribution >= 0.6 is 0 Å². The molecule has 0 bridgehead atoms. The van der Waals surface area contributed by atoms with Crippen molar-refractivity contribution in [1.82, 2.24) is 15.3 Å². The van der Waals surface area contributed by atoms with Crippen LogP contribution in [0.4, 0.5) is 0 Å². The molecule has 27 heavy (non-hydrogen) atoms. The van der Waals surface area contributed by atoms with Gasteiger partial charge in [0.05, 0.1) is 24.4 Å². The number of aliphatic imine (C=N–C) groups is 1. The highest BCUT2D eigenvalue weighted by Gasteiger charge is 2.23. The van der Waals surface area contributed by atoms with Gasteiger partial charge in [0.2, 0.25) is 5.91 Å². The second-order valence-corrected chi connectivity index (χ2v) is 7.13. The molecule has 0 saturated heterocycles. The smallest absolute Gasteiger partial charge is 0.227 e. The van der Waals surface area contributed by atoms with Crippen LogP contribution in [0.3, 0.4) is 0 Å². The summed E-state index contributed by atoms with van der Waals surface area (Å²) in [6, 6.07) is 14.0. The highest BCUT2D eigenvalue weighted by Crippen LogP contribution is 2.25. The molecule has 0 spiro atoms. The van der Waals surface area contributed by atoms with Gasteiger partial charge in [0.1, 0.15) is 11.7 Å². The predicted molar refractivity (Wildman–Crippen MR) is 107 cm³/mol. The first-order chi connectivity index (χ1) is 13.0. The molecule has 2 heterocycles. The SMILES string of the molecule is Cc1cc(C)c2nc(CC3=NC(c4ccccc4)CC(=O)N3)nc(C)c2c1. The molecule has 1 amide bonds. The number of carbonyl (C=O) groups is 1. The summed E-state index contributed by atoms with van der Waals surface area (Å²) in [5.74, 6) is 1.29. The molecule has 1 unspecified atom stereocenters. The van der Waals surface area contributed by atoms with E-state index >= 15 is 0 Å². The summed E-state index contributed by atoms with van der Waals surface area (Å²) in [6.07, 6.45) is 0.780. The fourth-order valence-electron chi connectivity index (χ4n) is 3.63. The van der Waals surface area contributed by atoms with Crippen molar-refractivity contribution in [3.8, 4) is 0 Å². The van der Waals surface area contributed by atoms with E-state index in [1.165, 1.54) is 5.56 Å². The summed E-state index contributed by atoms with van der Waals surface area (Å²) in [4.78, 5) is 26.3. The number of aryl methyl sites for hydroxylation is 3. The molecule has 3 aromatic rings. The summed E-state index contributed by atoms with van der Waals surface area (Å²) in [6.45, 7) is 6.15. The molecule has 0 saturated carbocycles. The van der Waals surface area contributed by atoms with Gasteiger partial charge in [-0.2, -0.15) is 0 Å². The first-order valence-corrected chi connectivity index (χ1v) is 9.15. The molecule has 1 aromatic heterocycles. The third-order valence-corrected chi connectivity index (χ3v) is 4.86. The van der Waals surface area contributed by atoms with Crippen molar-refractivity contribution in [2.75, 3.05) is 0 Å². The summed E-state index contributed by atoms with van der Waals surface area (Å²) in [5, 5.41) is 3.96. The van der Waals surface area contributed by atoms with Gasteiger partial charge in [-0.05, 0) is 38.0 Å². The zero-order chi connectivity index (χ0) is 19.0. The topological polar surface area (TPSA) is 67.2 Å². The molecule has 1 aliphatic rings. The van der Waals surface area contributed by atoms with Crippen LogP contribution in [0.25, 0.3) is 10.9 Å². The van der Waals surface area contributed by atoms with Crippen LogP contribution in [0.1, 0.15) is 40.7 Å². The van der Waals surface area contributed by atoms with Crippen molar-refractivity contribution in [2.45, 2.75) is 39.7 Å². The Bertz CT molecular complexity index is 1060. The Morgan fingerprint density at radius 3 is 2.63 bits per heavy atom. The van der Waals surface area contributed by atoms with Gasteiger partial charge in [-0.3, -0.25) is 9.79 Å². The normalized spacial score (nSPS) is 16.9. The first kappa shape index (κ1) is 17.3. The number of hydrogen-bond donors (Lipinski definition) is 1. The number of rotatable bonds is 3. The van der Waals surface area contributed by atoms with Crippen molar-refractivity contribution >= 4 is 22.6 Å². The van der Waals surface area contributed by atoms with Gasteiger partial charge in [-0.25, -0.2) is 9.97 Å². The number of amidine groups is 1. The fourth-order valence-corrected chi connectivity index (χ4v) is 3.63. The number of fused-ring (bicyclic) bond motifs is 1. The number of amides is 1. The molecule has 2 aromatic carbocycles. The molecule has 5 heteroatoms. The van der Waals surface area contributed by atoms with Crippen LogP contribution in [-0.2, 0) is 11.2 Å². The second-order valence-electron chi connectivity index (χ2n) is 7.13. The molecule has 1 N–H and O–H groups in total. The van der Waals surface area contributed by atoms with Crippen LogP contribution in [-0.4, -0.2) is 21.7 Å². The van der Waals surface area contributed by atoms with Crippen molar-refractivity contribution in [2.24, 2.45) is 4.99 Å². The zero-order valence-electron chi connectivity index (χ0n) is 15.8. The number of benzene rings is 2. The lowest BCUT2D eigenvalue weighted by Gasteiger charge is -2.21. The van der Waals surface area contributed by atoms with E-state index in [1.54, 1.807) is 0 Å². The average Bonchev–Trinajstić information content (AvgIpc) is 2.63. The summed E-state index contributed by atoms with van der Waals surface area (Å²) in [7, 11) is 0. The van der Waals surface area contributed by atoms with E-state index in [0.29, 0.717) is 24.5 Å². The van der Waals surface area contributed by atoms with Crippen LogP contribution in [0.5, 0.6) is 0 Å². The molecule has 136 valence electrons. The maximum atomic E-state index is 12.2. The van der Waals surface area contributed by atoms with Crippen LogP contribution < -0.4 is 5.32 Å². The third kappa shape index (κ3) is 3.58. The Kier molecular flexibility index (Phi) is 4.44. The molecule has 0 fully saturated rings. The molecular weight excluding hydrogens is 336 g/mol. The highest BCUT2D eigenvalue weighted by atomic mass is 16.1. The predicted octanol–water partition coefficient (Wildman–Crippen LogP) is 3.76. The number of carbonyl (C=O) groups excluding carboxylic acids is 1. The Balaban J connectivity index is 1.68. The van der Waals surface area contributed by atoms with E-state index in [9.17, 15) is 4.79 Å². The third-order valence-electron chi connectivity index (χ3n) is 4.86. The van der Waals surface area contributed by atoms with Crippen LogP contribution in [0.2, 0.25) is 0 Å². The average molecular weight is 358 g/mol. The van der Waals surface area contributed by atoms with Crippen molar-refractivity contribution in [3.05, 3.63) is 70.7 Å². The van der Waals surface area contributed by atoms with Crippen molar-refractivity contribution in [1.29, 1.82) is 0 Å². The summed E-state index contributed by atoms with van der Waals surface area (Å²) in [5.41, 5.74) is 5.30. The Morgan fingerprint density at radius 2 is 1.85 bits per heavy atom. The Morgan fingerprint density at radius 1 is 1.07 bits per heavy atom.